The summed E-state index contributed by atoms with van der Waals surface area (Å²) in [6, 6.07) is 0. The Bertz CT molecular complexity index is 433. The molecule has 0 saturated heterocycles. The zero-order valence-corrected chi connectivity index (χ0v) is 8.74. The maximum Gasteiger partial charge on any atom is 0.407 e. The van der Waals surface area contributed by atoms with Crippen LogP contribution in [0.25, 0.3) is 6.20 Å². The highest BCUT2D eigenvalue weighted by Gasteiger charge is 2.27. The highest BCUT2D eigenvalue weighted by Crippen LogP contribution is 2.04. The average Bonchev–Trinajstić information content (AvgIpc) is 2.47. The SMILES string of the molecule is C=Cn1cc[n+](CCC)c1S(=O)(=O)O. The number of aryl methyl sites for hydroxylation is 1. The van der Waals surface area contributed by atoms with Crippen molar-refractivity contribution in [2.75, 3.05) is 0 Å². The summed E-state index contributed by atoms with van der Waals surface area (Å²) in [4.78, 5) is 0. The minimum atomic E-state index is -4.20. The smallest absolute Gasteiger partial charge is 0.276 e. The van der Waals surface area contributed by atoms with Crippen molar-refractivity contribution in [2.24, 2.45) is 0 Å². The molecular formula is C8H13N2O3S+. The Kier molecular flexibility index (Phi) is 3.07. The Morgan fingerprint density at radius 3 is 2.79 bits per heavy atom. The fraction of sp³-hybridized carbons (Fsp3) is 0.375. The molecule has 0 amide bonds. The Hall–Kier alpha value is -1.14. The minimum Gasteiger partial charge on any atom is -0.276 e. The molecule has 1 aromatic heterocycles. The number of imidazole rings is 1. The summed E-state index contributed by atoms with van der Waals surface area (Å²) < 4.78 is 33.8. The fourth-order valence-electron chi connectivity index (χ4n) is 1.26. The molecule has 78 valence electrons. The monoisotopic (exact) mass is 217 g/mol. The van der Waals surface area contributed by atoms with Gasteiger partial charge in [0.2, 0.25) is 0 Å². The van der Waals surface area contributed by atoms with E-state index in [2.05, 4.69) is 6.58 Å². The van der Waals surface area contributed by atoms with E-state index in [-0.39, 0.29) is 5.16 Å². The minimum absolute atomic E-state index is 0.158. The predicted molar refractivity (Wildman–Crippen MR) is 51.1 cm³/mol. The molecule has 0 aliphatic rings. The van der Waals surface area contributed by atoms with Gasteiger partial charge in [0.05, 0.1) is 12.7 Å². The van der Waals surface area contributed by atoms with E-state index in [1.54, 1.807) is 6.20 Å². The van der Waals surface area contributed by atoms with Gasteiger partial charge in [-0.3, -0.25) is 4.55 Å². The van der Waals surface area contributed by atoms with Gasteiger partial charge >= 0.3 is 15.3 Å². The molecule has 6 heteroatoms. The summed E-state index contributed by atoms with van der Waals surface area (Å²) in [5.74, 6) is 0. The molecule has 0 unspecified atom stereocenters. The van der Waals surface area contributed by atoms with Crippen LogP contribution in [0.1, 0.15) is 13.3 Å². The summed E-state index contributed by atoms with van der Waals surface area (Å²) in [5, 5.41) is -0.158. The second-order valence-electron chi connectivity index (χ2n) is 2.84. The lowest BCUT2D eigenvalue weighted by Gasteiger charge is -1.97. The maximum absolute atomic E-state index is 11.0. The highest BCUT2D eigenvalue weighted by molar-refractivity contribution is 7.85. The van der Waals surface area contributed by atoms with Crippen LogP contribution < -0.4 is 4.57 Å². The number of hydrogen-bond donors (Lipinski definition) is 1. The van der Waals surface area contributed by atoms with Crippen molar-refractivity contribution in [3.8, 4) is 0 Å². The van der Waals surface area contributed by atoms with Crippen molar-refractivity contribution in [3.63, 3.8) is 0 Å². The highest BCUT2D eigenvalue weighted by atomic mass is 32.2. The molecule has 0 aliphatic carbocycles. The first kappa shape index (κ1) is 10.9. The fourth-order valence-corrected chi connectivity index (χ4v) is 2.11. The maximum atomic E-state index is 11.0. The van der Waals surface area contributed by atoms with E-state index in [4.69, 9.17) is 4.55 Å². The summed E-state index contributed by atoms with van der Waals surface area (Å²) in [7, 11) is -4.20. The normalized spacial score (nSPS) is 11.6. The van der Waals surface area contributed by atoms with Crippen molar-refractivity contribution in [1.82, 2.24) is 4.57 Å². The lowest BCUT2D eigenvalue weighted by atomic mass is 10.5. The number of aromatic nitrogens is 2. The van der Waals surface area contributed by atoms with Gasteiger partial charge in [0.1, 0.15) is 12.4 Å². The van der Waals surface area contributed by atoms with E-state index in [1.165, 1.54) is 21.5 Å². The van der Waals surface area contributed by atoms with Crippen LogP contribution in [0, 0.1) is 0 Å². The van der Waals surface area contributed by atoms with Crippen LogP contribution in [-0.4, -0.2) is 17.5 Å². The van der Waals surface area contributed by atoms with Crippen LogP contribution in [0.3, 0.4) is 0 Å². The molecule has 0 atom stereocenters. The third-order valence-electron chi connectivity index (χ3n) is 1.77. The van der Waals surface area contributed by atoms with Gasteiger partial charge in [0.15, 0.2) is 0 Å². The molecule has 14 heavy (non-hydrogen) atoms. The van der Waals surface area contributed by atoms with Gasteiger partial charge < -0.3 is 0 Å². The Morgan fingerprint density at radius 2 is 2.36 bits per heavy atom. The van der Waals surface area contributed by atoms with Gasteiger partial charge in [0.25, 0.3) is 0 Å². The van der Waals surface area contributed by atoms with Crippen LogP contribution in [0.4, 0.5) is 0 Å². The van der Waals surface area contributed by atoms with Gasteiger partial charge in [-0.2, -0.15) is 13.0 Å². The van der Waals surface area contributed by atoms with Crippen LogP contribution in [0.2, 0.25) is 0 Å². The van der Waals surface area contributed by atoms with E-state index in [1.807, 2.05) is 6.92 Å². The molecule has 1 N–H and O–H groups in total. The molecule has 0 fully saturated rings. The van der Waals surface area contributed by atoms with Crippen molar-refractivity contribution in [1.29, 1.82) is 0 Å². The number of nitrogens with zero attached hydrogens (tertiary/aromatic N) is 2. The number of hydrogen-bond acceptors (Lipinski definition) is 2. The molecule has 0 aliphatic heterocycles. The molecule has 0 aromatic carbocycles. The second kappa shape index (κ2) is 3.93. The van der Waals surface area contributed by atoms with E-state index in [9.17, 15) is 8.42 Å². The van der Waals surface area contributed by atoms with Crippen molar-refractivity contribution < 1.29 is 17.5 Å². The molecule has 1 aromatic rings. The third kappa shape index (κ3) is 2.02. The molecule has 0 spiro atoms. The summed E-state index contributed by atoms with van der Waals surface area (Å²) in [6.45, 7) is 5.91. The molecule has 5 nitrogen and oxygen atoms in total. The topological polar surface area (TPSA) is 63.2 Å². The first-order valence-corrected chi connectivity index (χ1v) is 5.65. The van der Waals surface area contributed by atoms with Gasteiger partial charge in [-0.25, -0.2) is 4.57 Å². The summed E-state index contributed by atoms with van der Waals surface area (Å²) >= 11 is 0. The standard InChI is InChI=1S/C8H12N2O3S/c1-3-5-10-7-6-9(4-2)8(10)14(11,12)13/h4,6-7H,2-3,5H2,1H3/p+1. The lowest BCUT2D eigenvalue weighted by Crippen LogP contribution is -2.38. The third-order valence-corrected chi connectivity index (χ3v) is 2.67. The molecule has 0 radical (unpaired) electrons. The van der Waals surface area contributed by atoms with Gasteiger partial charge in [0, 0.05) is 0 Å². The largest absolute Gasteiger partial charge is 0.407 e. The first-order chi connectivity index (χ1) is 6.50. The van der Waals surface area contributed by atoms with E-state index in [0.717, 1.165) is 6.42 Å². The van der Waals surface area contributed by atoms with Gasteiger partial charge in [-0.15, -0.1) is 0 Å². The van der Waals surface area contributed by atoms with Crippen molar-refractivity contribution in [2.45, 2.75) is 25.0 Å². The predicted octanol–water partition coefficient (Wildman–Crippen LogP) is 0.533. The summed E-state index contributed by atoms with van der Waals surface area (Å²) in [6.07, 6.45) is 5.24. The van der Waals surface area contributed by atoms with Crippen LogP contribution in [0.15, 0.2) is 24.1 Å². The average molecular weight is 217 g/mol. The zero-order valence-electron chi connectivity index (χ0n) is 7.92. The Balaban J connectivity index is 3.34. The van der Waals surface area contributed by atoms with Crippen molar-refractivity contribution >= 4 is 16.3 Å². The zero-order chi connectivity index (χ0) is 10.8. The quantitative estimate of drug-likeness (QED) is 0.591. The van der Waals surface area contributed by atoms with E-state index in [0.29, 0.717) is 6.54 Å². The van der Waals surface area contributed by atoms with Crippen LogP contribution in [-0.2, 0) is 16.7 Å². The van der Waals surface area contributed by atoms with Gasteiger partial charge in [-0.1, -0.05) is 13.5 Å². The number of rotatable bonds is 4. The van der Waals surface area contributed by atoms with E-state index >= 15 is 0 Å². The van der Waals surface area contributed by atoms with E-state index < -0.39 is 10.1 Å². The molecular weight excluding hydrogens is 204 g/mol. The Morgan fingerprint density at radius 1 is 1.71 bits per heavy atom. The molecule has 1 heterocycles. The first-order valence-electron chi connectivity index (χ1n) is 4.21. The lowest BCUT2D eigenvalue weighted by molar-refractivity contribution is -0.734. The van der Waals surface area contributed by atoms with Crippen molar-refractivity contribution in [3.05, 3.63) is 19.0 Å². The molecule has 1 rings (SSSR count). The van der Waals surface area contributed by atoms with Crippen LogP contribution >= 0.6 is 0 Å². The molecule has 0 bridgehead atoms. The van der Waals surface area contributed by atoms with Gasteiger partial charge in [-0.05, 0) is 6.42 Å². The second-order valence-corrected chi connectivity index (χ2v) is 4.15. The molecule has 0 saturated carbocycles. The Labute approximate surface area is 83.0 Å². The summed E-state index contributed by atoms with van der Waals surface area (Å²) in [5.41, 5.74) is 0. The van der Waals surface area contributed by atoms with Crippen LogP contribution in [0.5, 0.6) is 0 Å².